The largest absolute Gasteiger partial charge is 0.493 e. The Bertz CT molecular complexity index is 583. The molecular formula is C17H29IN4O4. The number of aliphatic imine (C=N–C) groups is 1. The van der Waals surface area contributed by atoms with E-state index in [0.29, 0.717) is 28.9 Å². The molecular weight excluding hydrogens is 451 g/mol. The summed E-state index contributed by atoms with van der Waals surface area (Å²) in [7, 11) is 8.06. The van der Waals surface area contributed by atoms with Crippen molar-refractivity contribution in [3.8, 4) is 17.2 Å². The molecule has 1 aromatic rings. The third kappa shape index (κ3) is 7.14. The molecule has 1 rings (SSSR count). The number of methoxy groups -OCH3 is 3. The molecule has 1 aromatic carbocycles. The number of rotatable bonds is 8. The van der Waals surface area contributed by atoms with Crippen LogP contribution < -0.4 is 24.8 Å². The zero-order valence-electron chi connectivity index (χ0n) is 16.2. The van der Waals surface area contributed by atoms with Crippen molar-refractivity contribution in [2.75, 3.05) is 53.8 Å². The highest BCUT2D eigenvalue weighted by Crippen LogP contribution is 2.39. The standard InChI is InChI=1S/C17H28N4O4.HI/c1-7-8-18-17(19-11-15(22)21(2)3)20-12-9-13(23-4)16(25-6)14(10-12)24-5;/h9-10H,7-8,11H2,1-6H3,(H2,18,19,20);1H. The maximum absolute atomic E-state index is 11.8. The SMILES string of the molecule is CCCNC(=NCC(=O)N(C)C)Nc1cc(OC)c(OC)c(OC)c1.I. The van der Waals surface area contributed by atoms with Crippen LogP contribution in [0, 0.1) is 0 Å². The van der Waals surface area contributed by atoms with Gasteiger partial charge in [0.25, 0.3) is 0 Å². The lowest BCUT2D eigenvalue weighted by atomic mass is 10.2. The summed E-state index contributed by atoms with van der Waals surface area (Å²) in [4.78, 5) is 17.6. The van der Waals surface area contributed by atoms with Gasteiger partial charge >= 0.3 is 0 Å². The van der Waals surface area contributed by atoms with Crippen molar-refractivity contribution in [1.82, 2.24) is 10.2 Å². The molecule has 0 fully saturated rings. The minimum absolute atomic E-state index is 0. The second-order valence-electron chi connectivity index (χ2n) is 5.42. The van der Waals surface area contributed by atoms with Crippen molar-refractivity contribution in [3.63, 3.8) is 0 Å². The Morgan fingerprint density at radius 3 is 2.12 bits per heavy atom. The van der Waals surface area contributed by atoms with Crippen molar-refractivity contribution in [3.05, 3.63) is 12.1 Å². The number of guanidine groups is 1. The average Bonchev–Trinajstić information content (AvgIpc) is 2.62. The number of halogens is 1. The summed E-state index contributed by atoms with van der Waals surface area (Å²) < 4.78 is 16.0. The fraction of sp³-hybridized carbons (Fsp3) is 0.529. The van der Waals surface area contributed by atoms with Gasteiger partial charge in [0.2, 0.25) is 11.7 Å². The summed E-state index contributed by atoms with van der Waals surface area (Å²) in [6.45, 7) is 2.83. The van der Waals surface area contributed by atoms with E-state index in [4.69, 9.17) is 14.2 Å². The van der Waals surface area contributed by atoms with Crippen LogP contribution in [-0.4, -0.2) is 65.3 Å². The Kier molecular flexibility index (Phi) is 11.5. The van der Waals surface area contributed by atoms with Crippen molar-refractivity contribution in [2.24, 2.45) is 4.99 Å². The van der Waals surface area contributed by atoms with E-state index in [9.17, 15) is 4.79 Å². The Labute approximate surface area is 172 Å². The number of hydrogen-bond donors (Lipinski definition) is 2. The van der Waals surface area contributed by atoms with Gasteiger partial charge in [-0.3, -0.25) is 4.79 Å². The topological polar surface area (TPSA) is 84.4 Å². The molecule has 0 bridgehead atoms. The van der Waals surface area contributed by atoms with Gasteiger partial charge in [-0.2, -0.15) is 0 Å². The third-order valence-electron chi connectivity index (χ3n) is 3.34. The summed E-state index contributed by atoms with van der Waals surface area (Å²) in [6, 6.07) is 3.55. The lowest BCUT2D eigenvalue weighted by molar-refractivity contribution is -0.127. The van der Waals surface area contributed by atoms with Crippen LogP contribution in [0.15, 0.2) is 17.1 Å². The molecule has 0 aromatic heterocycles. The predicted molar refractivity (Wildman–Crippen MR) is 114 cm³/mol. The first kappa shape index (κ1) is 24.1. The van der Waals surface area contributed by atoms with Gasteiger partial charge in [-0.15, -0.1) is 24.0 Å². The molecule has 9 heteroatoms. The normalized spacial score (nSPS) is 10.5. The van der Waals surface area contributed by atoms with Gasteiger partial charge in [0.1, 0.15) is 6.54 Å². The number of carbonyl (C=O) groups excluding carboxylic acids is 1. The molecule has 2 N–H and O–H groups in total. The molecule has 0 aliphatic rings. The number of nitrogens with zero attached hydrogens (tertiary/aromatic N) is 2. The molecule has 0 unspecified atom stereocenters. The Morgan fingerprint density at radius 2 is 1.69 bits per heavy atom. The first-order valence-electron chi connectivity index (χ1n) is 8.02. The number of likely N-dealkylation sites (N-methyl/N-ethyl adjacent to an activating group) is 1. The van der Waals surface area contributed by atoms with Crippen molar-refractivity contribution < 1.29 is 19.0 Å². The van der Waals surface area contributed by atoms with E-state index >= 15 is 0 Å². The molecule has 0 aliphatic carbocycles. The highest BCUT2D eigenvalue weighted by atomic mass is 127. The van der Waals surface area contributed by atoms with Gasteiger partial charge in [0.05, 0.1) is 21.3 Å². The van der Waals surface area contributed by atoms with E-state index in [1.165, 1.54) is 4.90 Å². The number of carbonyl (C=O) groups is 1. The Balaban J connectivity index is 0.00000625. The molecule has 0 saturated carbocycles. The van der Waals surface area contributed by atoms with E-state index in [-0.39, 0.29) is 36.4 Å². The van der Waals surface area contributed by atoms with Crippen molar-refractivity contribution in [1.29, 1.82) is 0 Å². The average molecular weight is 480 g/mol. The van der Waals surface area contributed by atoms with Crippen LogP contribution in [0.2, 0.25) is 0 Å². The van der Waals surface area contributed by atoms with Crippen molar-refractivity contribution in [2.45, 2.75) is 13.3 Å². The molecule has 0 atom stereocenters. The van der Waals surface area contributed by atoms with Crippen LogP contribution in [0.1, 0.15) is 13.3 Å². The molecule has 8 nitrogen and oxygen atoms in total. The third-order valence-corrected chi connectivity index (χ3v) is 3.34. The van der Waals surface area contributed by atoms with E-state index in [0.717, 1.165) is 13.0 Å². The quantitative estimate of drug-likeness (QED) is 0.337. The minimum Gasteiger partial charge on any atom is -0.493 e. The highest BCUT2D eigenvalue weighted by molar-refractivity contribution is 14.0. The van der Waals surface area contributed by atoms with Gasteiger partial charge < -0.3 is 29.7 Å². The van der Waals surface area contributed by atoms with Gasteiger partial charge in [-0.25, -0.2) is 4.99 Å². The number of amides is 1. The Hall–Kier alpha value is -1.91. The van der Waals surface area contributed by atoms with Gasteiger partial charge in [-0.05, 0) is 6.42 Å². The smallest absolute Gasteiger partial charge is 0.243 e. The summed E-state index contributed by atoms with van der Waals surface area (Å²) in [5.41, 5.74) is 0.703. The Morgan fingerprint density at radius 1 is 1.12 bits per heavy atom. The predicted octanol–water partition coefficient (Wildman–Crippen LogP) is 2.19. The first-order valence-corrected chi connectivity index (χ1v) is 8.02. The zero-order valence-corrected chi connectivity index (χ0v) is 18.5. The van der Waals surface area contributed by atoms with E-state index in [2.05, 4.69) is 22.5 Å². The van der Waals surface area contributed by atoms with Crippen LogP contribution >= 0.6 is 24.0 Å². The van der Waals surface area contributed by atoms with Crippen LogP contribution in [0.4, 0.5) is 5.69 Å². The zero-order chi connectivity index (χ0) is 18.8. The molecule has 0 saturated heterocycles. The van der Waals surface area contributed by atoms with Crippen LogP contribution in [0.25, 0.3) is 0 Å². The lowest BCUT2D eigenvalue weighted by Gasteiger charge is -2.17. The van der Waals surface area contributed by atoms with Gasteiger partial charge in [-0.1, -0.05) is 6.92 Å². The molecule has 0 aliphatic heterocycles. The maximum Gasteiger partial charge on any atom is 0.243 e. The lowest BCUT2D eigenvalue weighted by Crippen LogP contribution is -2.33. The number of benzene rings is 1. The number of hydrogen-bond acceptors (Lipinski definition) is 5. The maximum atomic E-state index is 11.8. The van der Waals surface area contributed by atoms with Crippen LogP contribution in [-0.2, 0) is 4.79 Å². The van der Waals surface area contributed by atoms with E-state index in [1.807, 2.05) is 0 Å². The van der Waals surface area contributed by atoms with Crippen molar-refractivity contribution >= 4 is 41.5 Å². The number of ether oxygens (including phenoxy) is 3. The molecule has 0 heterocycles. The van der Waals surface area contributed by atoms with Gasteiger partial charge in [0.15, 0.2) is 17.5 Å². The fourth-order valence-corrected chi connectivity index (χ4v) is 1.96. The summed E-state index contributed by atoms with van der Waals surface area (Å²) >= 11 is 0. The second kappa shape index (κ2) is 12.4. The molecule has 0 spiro atoms. The number of anilines is 1. The van der Waals surface area contributed by atoms with E-state index < -0.39 is 0 Å². The molecule has 148 valence electrons. The van der Waals surface area contributed by atoms with Gasteiger partial charge in [0, 0.05) is 38.5 Å². The summed E-state index contributed by atoms with van der Waals surface area (Å²) in [5.74, 6) is 2.00. The summed E-state index contributed by atoms with van der Waals surface area (Å²) in [5, 5.41) is 6.33. The van der Waals surface area contributed by atoms with Crippen LogP contribution in [0.3, 0.4) is 0 Å². The second-order valence-corrected chi connectivity index (χ2v) is 5.42. The highest BCUT2D eigenvalue weighted by Gasteiger charge is 2.14. The minimum atomic E-state index is -0.0810. The van der Waals surface area contributed by atoms with Crippen LogP contribution in [0.5, 0.6) is 17.2 Å². The van der Waals surface area contributed by atoms with E-state index in [1.54, 1.807) is 47.6 Å². The number of nitrogens with one attached hydrogen (secondary N) is 2. The molecule has 0 radical (unpaired) electrons. The first-order chi connectivity index (χ1) is 12.0. The monoisotopic (exact) mass is 480 g/mol. The fourth-order valence-electron chi connectivity index (χ4n) is 1.96. The summed E-state index contributed by atoms with van der Waals surface area (Å²) in [6.07, 6.45) is 0.928. The molecule has 1 amide bonds. The molecule has 26 heavy (non-hydrogen) atoms.